The lowest BCUT2D eigenvalue weighted by atomic mass is 9.44. The van der Waals surface area contributed by atoms with Crippen molar-refractivity contribution < 1.29 is 4.74 Å². The summed E-state index contributed by atoms with van der Waals surface area (Å²) in [5.74, 6) is 1.19. The fraction of sp³-hybridized carbons (Fsp3) is 0.440. The molecule has 3 heteroatoms. The molecule has 2 aliphatic carbocycles. The van der Waals surface area contributed by atoms with Crippen molar-refractivity contribution in [1.29, 1.82) is 0 Å². The van der Waals surface area contributed by atoms with Crippen molar-refractivity contribution in [3.8, 4) is 5.75 Å². The number of nitrogens with one attached hydrogen (secondary N) is 1. The van der Waals surface area contributed by atoms with Crippen molar-refractivity contribution >= 4 is 10.9 Å². The van der Waals surface area contributed by atoms with E-state index in [-0.39, 0.29) is 16.9 Å². The molecule has 4 aliphatic rings. The molecule has 3 aromatic rings. The molecule has 2 aromatic carbocycles. The molecule has 2 aliphatic heterocycles. The zero-order chi connectivity index (χ0) is 18.8. The van der Waals surface area contributed by atoms with Crippen LogP contribution >= 0.6 is 0 Å². The van der Waals surface area contributed by atoms with E-state index >= 15 is 0 Å². The summed E-state index contributed by atoms with van der Waals surface area (Å²) in [5.41, 5.74) is 8.90. The molecule has 0 amide bonds. The Labute approximate surface area is 165 Å². The number of fused-ring (bicyclic) bond motifs is 4. The first-order valence-corrected chi connectivity index (χ1v) is 10.7. The lowest BCUT2D eigenvalue weighted by molar-refractivity contribution is -0.0438. The van der Waals surface area contributed by atoms with Gasteiger partial charge in [0.1, 0.15) is 11.9 Å². The van der Waals surface area contributed by atoms with Crippen LogP contribution < -0.4 is 10.1 Å². The van der Waals surface area contributed by atoms with E-state index in [4.69, 9.17) is 4.74 Å². The number of aryl methyl sites for hydroxylation is 2. The third kappa shape index (κ3) is 1.43. The van der Waals surface area contributed by atoms with Crippen LogP contribution in [-0.4, -0.2) is 17.2 Å². The van der Waals surface area contributed by atoms with Gasteiger partial charge in [-0.05, 0) is 55.5 Å². The SMILES string of the molecule is Cc1ccc2c3c1O[C@H]1c4c(c5ccccc5n4C)C[C@@]4(C)[C@@H](C2)NCC[C@]314. The van der Waals surface area contributed by atoms with Crippen molar-refractivity contribution in [2.24, 2.45) is 12.5 Å². The highest BCUT2D eigenvalue weighted by Gasteiger charge is 2.69. The first kappa shape index (κ1) is 15.6. The van der Waals surface area contributed by atoms with Crippen molar-refractivity contribution in [1.82, 2.24) is 9.88 Å². The fourth-order valence-electron chi connectivity index (χ4n) is 7.46. The maximum absolute atomic E-state index is 6.96. The second-order valence-corrected chi connectivity index (χ2v) is 9.71. The van der Waals surface area contributed by atoms with E-state index in [1.54, 1.807) is 5.56 Å². The summed E-state index contributed by atoms with van der Waals surface area (Å²) < 4.78 is 9.39. The number of aromatic nitrogens is 1. The van der Waals surface area contributed by atoms with Gasteiger partial charge in [0.05, 0.1) is 11.1 Å². The van der Waals surface area contributed by atoms with Crippen LogP contribution in [0.5, 0.6) is 5.75 Å². The molecule has 2 bridgehead atoms. The van der Waals surface area contributed by atoms with Gasteiger partial charge in [-0.25, -0.2) is 0 Å². The number of piperidine rings is 1. The van der Waals surface area contributed by atoms with Gasteiger partial charge in [-0.2, -0.15) is 0 Å². The Kier molecular flexibility index (Phi) is 2.60. The van der Waals surface area contributed by atoms with Crippen molar-refractivity contribution in [3.05, 3.63) is 64.3 Å². The molecule has 0 saturated carbocycles. The molecule has 1 spiro atoms. The zero-order valence-corrected chi connectivity index (χ0v) is 16.8. The molecule has 7 rings (SSSR count). The number of para-hydroxylation sites is 1. The molecule has 1 N–H and O–H groups in total. The molecule has 3 heterocycles. The fourth-order valence-corrected chi connectivity index (χ4v) is 7.46. The summed E-state index contributed by atoms with van der Waals surface area (Å²) in [5, 5.41) is 5.32. The Morgan fingerprint density at radius 2 is 2.04 bits per heavy atom. The number of hydrogen-bond acceptors (Lipinski definition) is 2. The molecule has 142 valence electrons. The van der Waals surface area contributed by atoms with E-state index in [2.05, 4.69) is 67.2 Å². The van der Waals surface area contributed by atoms with Gasteiger partial charge in [0.2, 0.25) is 0 Å². The smallest absolute Gasteiger partial charge is 0.149 e. The average Bonchev–Trinajstić information content (AvgIpc) is 3.16. The Bertz CT molecular complexity index is 1190. The van der Waals surface area contributed by atoms with Crippen LogP contribution in [-0.2, 0) is 25.3 Å². The maximum Gasteiger partial charge on any atom is 0.149 e. The summed E-state index contributed by atoms with van der Waals surface area (Å²) in [6, 6.07) is 14.1. The van der Waals surface area contributed by atoms with Gasteiger partial charge in [-0.3, -0.25) is 0 Å². The van der Waals surface area contributed by atoms with E-state index in [0.29, 0.717) is 6.04 Å². The lowest BCUT2D eigenvalue weighted by Gasteiger charge is -2.61. The number of ether oxygens (including phenoxy) is 1. The minimum Gasteiger partial charge on any atom is -0.483 e. The highest BCUT2D eigenvalue weighted by Crippen LogP contribution is 2.70. The third-order valence-corrected chi connectivity index (χ3v) is 8.75. The van der Waals surface area contributed by atoms with Crippen LogP contribution in [0, 0.1) is 12.3 Å². The van der Waals surface area contributed by atoms with Crippen molar-refractivity contribution in [2.75, 3.05) is 6.54 Å². The minimum atomic E-state index is 0.0903. The van der Waals surface area contributed by atoms with E-state index in [0.717, 1.165) is 25.8 Å². The van der Waals surface area contributed by atoms with E-state index in [1.165, 1.54) is 39.0 Å². The number of nitrogens with zero attached hydrogens (tertiary/aromatic N) is 1. The molecule has 4 atom stereocenters. The largest absolute Gasteiger partial charge is 0.483 e. The summed E-state index contributed by atoms with van der Waals surface area (Å²) in [6.07, 6.45) is 3.54. The number of benzene rings is 2. The average molecular weight is 370 g/mol. The molecule has 0 radical (unpaired) electrons. The second-order valence-electron chi connectivity index (χ2n) is 9.71. The molecular weight excluding hydrogens is 344 g/mol. The van der Waals surface area contributed by atoms with Crippen LogP contribution in [0.2, 0.25) is 0 Å². The Balaban J connectivity index is 1.64. The normalized spacial score (nSPS) is 34.1. The van der Waals surface area contributed by atoms with Gasteiger partial charge >= 0.3 is 0 Å². The van der Waals surface area contributed by atoms with Gasteiger partial charge < -0.3 is 14.6 Å². The van der Waals surface area contributed by atoms with Crippen molar-refractivity contribution in [3.63, 3.8) is 0 Å². The Morgan fingerprint density at radius 1 is 1.18 bits per heavy atom. The predicted octanol–water partition coefficient (Wildman–Crippen LogP) is 4.34. The highest BCUT2D eigenvalue weighted by atomic mass is 16.5. The minimum absolute atomic E-state index is 0.0903. The van der Waals surface area contributed by atoms with Crippen LogP contribution in [0.25, 0.3) is 10.9 Å². The Hall–Kier alpha value is -2.26. The third-order valence-electron chi connectivity index (χ3n) is 8.75. The van der Waals surface area contributed by atoms with Crippen LogP contribution in [0.1, 0.15) is 47.4 Å². The Morgan fingerprint density at radius 3 is 2.93 bits per heavy atom. The molecule has 28 heavy (non-hydrogen) atoms. The topological polar surface area (TPSA) is 26.2 Å². The molecule has 0 unspecified atom stereocenters. The van der Waals surface area contributed by atoms with Crippen LogP contribution in [0.4, 0.5) is 0 Å². The quantitative estimate of drug-likeness (QED) is 0.637. The lowest BCUT2D eigenvalue weighted by Crippen LogP contribution is -2.68. The second kappa shape index (κ2) is 4.65. The molecule has 1 fully saturated rings. The van der Waals surface area contributed by atoms with Gasteiger partial charge in [0, 0.05) is 35.0 Å². The number of rotatable bonds is 0. The highest BCUT2D eigenvalue weighted by molar-refractivity contribution is 5.87. The zero-order valence-electron chi connectivity index (χ0n) is 16.8. The van der Waals surface area contributed by atoms with E-state index in [9.17, 15) is 0 Å². The molecule has 1 aromatic heterocycles. The molecule has 3 nitrogen and oxygen atoms in total. The number of hydrogen-bond donors (Lipinski definition) is 1. The van der Waals surface area contributed by atoms with E-state index < -0.39 is 0 Å². The summed E-state index contributed by atoms with van der Waals surface area (Å²) in [4.78, 5) is 0. The summed E-state index contributed by atoms with van der Waals surface area (Å²) >= 11 is 0. The van der Waals surface area contributed by atoms with Gasteiger partial charge in [-0.1, -0.05) is 37.3 Å². The van der Waals surface area contributed by atoms with Crippen LogP contribution in [0.15, 0.2) is 36.4 Å². The van der Waals surface area contributed by atoms with Gasteiger partial charge in [-0.15, -0.1) is 0 Å². The van der Waals surface area contributed by atoms with Gasteiger partial charge in [0.15, 0.2) is 0 Å². The first-order valence-electron chi connectivity index (χ1n) is 10.7. The molecular formula is C25H26N2O. The summed E-state index contributed by atoms with van der Waals surface area (Å²) in [6.45, 7) is 5.86. The molecule has 1 saturated heterocycles. The monoisotopic (exact) mass is 370 g/mol. The predicted molar refractivity (Wildman–Crippen MR) is 111 cm³/mol. The van der Waals surface area contributed by atoms with Crippen LogP contribution in [0.3, 0.4) is 0 Å². The maximum atomic E-state index is 6.96. The van der Waals surface area contributed by atoms with Gasteiger partial charge in [0.25, 0.3) is 0 Å². The summed E-state index contributed by atoms with van der Waals surface area (Å²) in [7, 11) is 2.24. The standard InChI is InChI=1S/C25H26N2O/c1-14-8-9-15-12-19-24(2)13-17-16-6-4-5-7-18(16)27(3)21(17)23-25(24,10-11-26-19)20(15)22(14)28-23/h4-9,19,23,26H,10-13H2,1-3H3/t19-,23+,24+,25+/m1/s1. The van der Waals surface area contributed by atoms with E-state index in [1.807, 2.05) is 0 Å². The first-order chi connectivity index (χ1) is 13.6. The van der Waals surface area contributed by atoms with Crippen molar-refractivity contribution in [2.45, 2.75) is 50.7 Å².